The molecule has 0 amide bonds. The maximum absolute atomic E-state index is 11.3. The Labute approximate surface area is 151 Å². The molecule has 0 aliphatic heterocycles. The molecule has 0 radical (unpaired) electrons. The maximum Gasteiger partial charge on any atom is 0.311 e. The van der Waals surface area contributed by atoms with Crippen LogP contribution in [-0.2, 0) is 0 Å². The second-order valence-electron chi connectivity index (χ2n) is 5.13. The van der Waals surface area contributed by atoms with Gasteiger partial charge in [-0.05, 0) is 41.8 Å². The summed E-state index contributed by atoms with van der Waals surface area (Å²) in [5.41, 5.74) is 1.55. The highest BCUT2D eigenvalue weighted by Gasteiger charge is 2.18. The van der Waals surface area contributed by atoms with Gasteiger partial charge in [0.15, 0.2) is 17.2 Å². The van der Waals surface area contributed by atoms with Crippen LogP contribution in [0.15, 0.2) is 42.5 Å². The largest absolute Gasteiger partial charge is 0.493 e. The molecule has 26 heavy (non-hydrogen) atoms. The van der Waals surface area contributed by atoms with Crippen molar-refractivity contribution in [2.45, 2.75) is 6.92 Å². The van der Waals surface area contributed by atoms with E-state index in [1.165, 1.54) is 32.4 Å². The minimum Gasteiger partial charge on any atom is -0.493 e. The van der Waals surface area contributed by atoms with Gasteiger partial charge in [0.05, 0.1) is 31.8 Å². The minimum absolute atomic E-state index is 0.153. The highest BCUT2D eigenvalue weighted by atomic mass is 16.6. The Morgan fingerprint density at radius 3 is 2.27 bits per heavy atom. The molecule has 0 aromatic heterocycles. The lowest BCUT2D eigenvalue weighted by atomic mass is 9.96. The Morgan fingerprint density at radius 2 is 1.73 bits per heavy atom. The first-order valence-electron chi connectivity index (χ1n) is 7.79. The molecule has 0 aliphatic carbocycles. The van der Waals surface area contributed by atoms with Crippen molar-refractivity contribution in [3.05, 3.63) is 63.7 Å². The average Bonchev–Trinajstić information content (AvgIpc) is 2.65. The average molecular weight is 354 g/mol. The number of hydrogen-bond donors (Lipinski definition) is 0. The van der Waals surface area contributed by atoms with Crippen LogP contribution in [0.2, 0.25) is 0 Å². The number of nitro benzene ring substituents is 1. The zero-order valence-corrected chi connectivity index (χ0v) is 14.7. The van der Waals surface area contributed by atoms with E-state index in [4.69, 9.17) is 14.2 Å². The van der Waals surface area contributed by atoms with Crippen molar-refractivity contribution in [3.8, 4) is 23.3 Å². The van der Waals surface area contributed by atoms with E-state index in [2.05, 4.69) is 0 Å². The Balaban J connectivity index is 2.59. The number of benzene rings is 2. The fourth-order valence-electron chi connectivity index (χ4n) is 2.51. The number of nitrogens with zero attached hydrogens (tertiary/aromatic N) is 2. The lowest BCUT2D eigenvalue weighted by molar-refractivity contribution is -0.385. The smallest absolute Gasteiger partial charge is 0.311 e. The zero-order valence-electron chi connectivity index (χ0n) is 14.7. The van der Waals surface area contributed by atoms with Crippen molar-refractivity contribution in [2.24, 2.45) is 0 Å². The summed E-state index contributed by atoms with van der Waals surface area (Å²) in [6.07, 6.45) is 1.34. The van der Waals surface area contributed by atoms with E-state index >= 15 is 0 Å². The molecular formula is C19H18N2O5. The number of ether oxygens (including phenoxy) is 3. The third kappa shape index (κ3) is 3.92. The molecule has 0 spiro atoms. The molecule has 134 valence electrons. The van der Waals surface area contributed by atoms with Crippen molar-refractivity contribution >= 4 is 11.3 Å². The first-order chi connectivity index (χ1) is 12.5. The summed E-state index contributed by atoms with van der Waals surface area (Å²) in [6, 6.07) is 11.8. The predicted octanol–water partition coefficient (Wildman–Crippen LogP) is 3.97. The quantitative estimate of drug-likeness (QED) is 0.424. The molecule has 7 nitrogen and oxygen atoms in total. The third-order valence-corrected chi connectivity index (χ3v) is 3.67. The number of rotatable bonds is 7. The van der Waals surface area contributed by atoms with Crippen LogP contribution in [0.3, 0.4) is 0 Å². The fraction of sp³-hybridized carbons (Fsp3) is 0.211. The molecule has 0 saturated heterocycles. The van der Waals surface area contributed by atoms with Crippen molar-refractivity contribution in [2.75, 3.05) is 20.8 Å². The highest BCUT2D eigenvalue weighted by molar-refractivity contribution is 5.83. The Kier molecular flexibility index (Phi) is 6.17. The van der Waals surface area contributed by atoms with E-state index in [9.17, 15) is 15.4 Å². The normalized spacial score (nSPS) is 10.8. The van der Waals surface area contributed by atoms with Gasteiger partial charge in [-0.1, -0.05) is 12.1 Å². The molecule has 0 unspecified atom stereocenters. The zero-order chi connectivity index (χ0) is 19.1. The second-order valence-corrected chi connectivity index (χ2v) is 5.13. The molecule has 7 heteroatoms. The van der Waals surface area contributed by atoms with Gasteiger partial charge < -0.3 is 14.2 Å². The van der Waals surface area contributed by atoms with E-state index in [1.807, 2.05) is 13.0 Å². The molecular weight excluding hydrogens is 336 g/mol. The van der Waals surface area contributed by atoms with E-state index in [-0.39, 0.29) is 11.4 Å². The van der Waals surface area contributed by atoms with Gasteiger partial charge in [-0.25, -0.2) is 0 Å². The van der Waals surface area contributed by atoms with Gasteiger partial charge in [0.1, 0.15) is 0 Å². The van der Waals surface area contributed by atoms with Gasteiger partial charge in [-0.2, -0.15) is 5.26 Å². The summed E-state index contributed by atoms with van der Waals surface area (Å²) in [7, 11) is 2.91. The van der Waals surface area contributed by atoms with Crippen molar-refractivity contribution < 1.29 is 19.1 Å². The van der Waals surface area contributed by atoms with Crippen LogP contribution < -0.4 is 14.2 Å². The van der Waals surface area contributed by atoms with Crippen LogP contribution in [0.25, 0.3) is 5.57 Å². The lowest BCUT2D eigenvalue weighted by Gasteiger charge is -2.13. The topological polar surface area (TPSA) is 94.6 Å². The van der Waals surface area contributed by atoms with E-state index in [1.54, 1.807) is 24.3 Å². The number of nitriles is 1. The molecule has 2 aromatic rings. The molecule has 0 aliphatic rings. The Morgan fingerprint density at radius 1 is 1.12 bits per heavy atom. The molecule has 0 heterocycles. The first-order valence-corrected chi connectivity index (χ1v) is 7.79. The Hall–Kier alpha value is -3.53. The van der Waals surface area contributed by atoms with Gasteiger partial charge in [0, 0.05) is 12.1 Å². The third-order valence-electron chi connectivity index (χ3n) is 3.67. The first kappa shape index (κ1) is 18.8. The van der Waals surface area contributed by atoms with Crippen LogP contribution in [0.4, 0.5) is 5.69 Å². The standard InChI is InChI=1S/C19H18N2O5/c1-4-26-19-12-14(6-8-18(19)25-3)15(9-10-20)13-5-7-17(24-2)16(11-13)21(22)23/h5-9,11-12H,4H2,1-3H3/b15-9+. The van der Waals surface area contributed by atoms with Crippen molar-refractivity contribution in [1.29, 1.82) is 5.26 Å². The number of nitro groups is 1. The fourth-order valence-corrected chi connectivity index (χ4v) is 2.51. The van der Waals surface area contributed by atoms with Gasteiger partial charge in [0.25, 0.3) is 0 Å². The SMILES string of the molecule is CCOc1cc(/C(=C/C#N)c2ccc(OC)c([N+](=O)[O-])c2)ccc1OC. The van der Waals surface area contributed by atoms with E-state index < -0.39 is 4.92 Å². The molecule has 0 N–H and O–H groups in total. The summed E-state index contributed by atoms with van der Waals surface area (Å²) in [5.74, 6) is 1.24. The van der Waals surface area contributed by atoms with Gasteiger partial charge in [0.2, 0.25) is 0 Å². The molecule has 0 atom stereocenters. The molecule has 0 bridgehead atoms. The summed E-state index contributed by atoms with van der Waals surface area (Å²) in [4.78, 5) is 10.8. The van der Waals surface area contributed by atoms with Crippen molar-refractivity contribution in [3.63, 3.8) is 0 Å². The molecule has 2 rings (SSSR count). The summed E-state index contributed by atoms with van der Waals surface area (Å²) < 4.78 is 15.9. The summed E-state index contributed by atoms with van der Waals surface area (Å²) in [5, 5.41) is 20.4. The number of methoxy groups -OCH3 is 2. The monoisotopic (exact) mass is 354 g/mol. The van der Waals surface area contributed by atoms with Gasteiger partial charge in [-0.15, -0.1) is 0 Å². The van der Waals surface area contributed by atoms with Crippen LogP contribution in [-0.4, -0.2) is 25.7 Å². The molecule has 2 aromatic carbocycles. The number of hydrogen-bond acceptors (Lipinski definition) is 6. The van der Waals surface area contributed by atoms with E-state index in [0.29, 0.717) is 34.8 Å². The van der Waals surface area contributed by atoms with Gasteiger partial charge >= 0.3 is 5.69 Å². The maximum atomic E-state index is 11.3. The highest BCUT2D eigenvalue weighted by Crippen LogP contribution is 2.36. The van der Waals surface area contributed by atoms with Crippen LogP contribution >= 0.6 is 0 Å². The lowest BCUT2D eigenvalue weighted by Crippen LogP contribution is -1.98. The number of allylic oxidation sites excluding steroid dienone is 1. The molecule has 0 saturated carbocycles. The van der Waals surface area contributed by atoms with Crippen molar-refractivity contribution in [1.82, 2.24) is 0 Å². The summed E-state index contributed by atoms with van der Waals surface area (Å²) in [6.45, 7) is 2.30. The predicted molar refractivity (Wildman–Crippen MR) is 96.5 cm³/mol. The van der Waals surface area contributed by atoms with Gasteiger partial charge in [-0.3, -0.25) is 10.1 Å². The summed E-state index contributed by atoms with van der Waals surface area (Å²) >= 11 is 0. The second kappa shape index (κ2) is 8.53. The Bertz CT molecular complexity index is 884. The van der Waals surface area contributed by atoms with Crippen LogP contribution in [0.1, 0.15) is 18.1 Å². The van der Waals surface area contributed by atoms with E-state index in [0.717, 1.165) is 0 Å². The van der Waals surface area contributed by atoms with Crippen LogP contribution in [0.5, 0.6) is 17.2 Å². The molecule has 0 fully saturated rings. The minimum atomic E-state index is -0.522. The van der Waals surface area contributed by atoms with Crippen LogP contribution in [0, 0.1) is 21.4 Å².